The lowest BCUT2D eigenvalue weighted by Gasteiger charge is -2.33. The number of hydrogen-bond donors (Lipinski definition) is 0. The summed E-state index contributed by atoms with van der Waals surface area (Å²) in [6.07, 6.45) is 4.06. The molecule has 1 saturated heterocycles. The summed E-state index contributed by atoms with van der Waals surface area (Å²) in [5.41, 5.74) is 0.572. The van der Waals surface area contributed by atoms with Crippen molar-refractivity contribution in [2.75, 3.05) is 6.61 Å². The van der Waals surface area contributed by atoms with E-state index in [0.29, 0.717) is 24.5 Å². The summed E-state index contributed by atoms with van der Waals surface area (Å²) in [7, 11) is 0. The summed E-state index contributed by atoms with van der Waals surface area (Å²) in [5.74, 6) is -0.850. The van der Waals surface area contributed by atoms with E-state index >= 15 is 0 Å². The van der Waals surface area contributed by atoms with E-state index in [0.717, 1.165) is 12.8 Å². The highest BCUT2D eigenvalue weighted by Gasteiger charge is 2.40. The van der Waals surface area contributed by atoms with Crippen LogP contribution in [0.1, 0.15) is 59.8 Å². The van der Waals surface area contributed by atoms with Gasteiger partial charge in [0.05, 0.1) is 6.61 Å². The summed E-state index contributed by atoms with van der Waals surface area (Å²) < 4.78 is 15.0. The van der Waals surface area contributed by atoms with Gasteiger partial charge in [-0.15, -0.1) is 0 Å². The molecule has 1 atom stereocenters. The molecule has 0 spiro atoms. The Morgan fingerprint density at radius 3 is 2.04 bits per heavy atom. The summed E-state index contributed by atoms with van der Waals surface area (Å²) in [5, 5.41) is 0. The molecule has 0 aromatic carbocycles. The highest BCUT2D eigenvalue weighted by atomic mass is 16.6. The van der Waals surface area contributed by atoms with Gasteiger partial charge >= 0.3 is 17.9 Å². The minimum absolute atomic E-state index is 0.212. The fourth-order valence-corrected chi connectivity index (χ4v) is 2.86. The smallest absolute Gasteiger partial charge is 0.347 e. The molecule has 0 aromatic rings. The standard InChI is InChI=1S/C12H20O2.C8H10O4/c1-9(2)11(13)14-12(10(3)4)7-5-6-8-12;1-5(2)7(9)12-6-3-4-11-8(6)10/h10H,1,5-8H2,2-4H3;6H,1,3-4H2,2H3. The quantitative estimate of drug-likeness (QED) is 0.421. The lowest BCUT2D eigenvalue weighted by molar-refractivity contribution is -0.159. The fourth-order valence-electron chi connectivity index (χ4n) is 2.86. The Labute approximate surface area is 155 Å². The van der Waals surface area contributed by atoms with E-state index < -0.39 is 18.0 Å². The summed E-state index contributed by atoms with van der Waals surface area (Å²) in [4.78, 5) is 33.2. The van der Waals surface area contributed by atoms with Gasteiger partial charge in [0.1, 0.15) is 5.60 Å². The van der Waals surface area contributed by atoms with Crippen LogP contribution in [0.15, 0.2) is 24.3 Å². The second kappa shape index (κ2) is 9.55. The lowest BCUT2D eigenvalue weighted by Crippen LogP contribution is -2.37. The van der Waals surface area contributed by atoms with Crippen LogP contribution in [0.3, 0.4) is 0 Å². The average molecular weight is 366 g/mol. The van der Waals surface area contributed by atoms with Crippen molar-refractivity contribution in [1.29, 1.82) is 0 Å². The Balaban J connectivity index is 0.000000263. The maximum Gasteiger partial charge on any atom is 0.347 e. The zero-order valence-corrected chi connectivity index (χ0v) is 16.3. The van der Waals surface area contributed by atoms with Crippen molar-refractivity contribution in [2.45, 2.75) is 71.5 Å². The predicted octanol–water partition coefficient (Wildman–Crippen LogP) is 3.50. The molecule has 6 nitrogen and oxygen atoms in total. The first-order valence-corrected chi connectivity index (χ1v) is 9.01. The molecule has 1 saturated carbocycles. The van der Waals surface area contributed by atoms with Gasteiger partial charge in [0.25, 0.3) is 0 Å². The minimum atomic E-state index is -0.728. The number of rotatable bonds is 5. The molecule has 2 rings (SSSR count). The maximum absolute atomic E-state index is 11.5. The highest BCUT2D eigenvalue weighted by molar-refractivity contribution is 5.89. The molecule has 1 aliphatic heterocycles. The third-order valence-corrected chi connectivity index (χ3v) is 4.63. The maximum atomic E-state index is 11.5. The van der Waals surface area contributed by atoms with Gasteiger partial charge in [-0.2, -0.15) is 0 Å². The minimum Gasteiger partial charge on any atom is -0.463 e. The van der Waals surface area contributed by atoms with Crippen molar-refractivity contribution in [1.82, 2.24) is 0 Å². The first-order valence-electron chi connectivity index (χ1n) is 9.01. The molecule has 2 aliphatic rings. The Morgan fingerprint density at radius 2 is 1.65 bits per heavy atom. The van der Waals surface area contributed by atoms with Crippen LogP contribution < -0.4 is 0 Å². The monoisotopic (exact) mass is 366 g/mol. The lowest BCUT2D eigenvalue weighted by atomic mass is 9.88. The van der Waals surface area contributed by atoms with Crippen LogP contribution in [-0.2, 0) is 28.6 Å². The van der Waals surface area contributed by atoms with Gasteiger partial charge < -0.3 is 14.2 Å². The van der Waals surface area contributed by atoms with Gasteiger partial charge in [-0.1, -0.05) is 27.0 Å². The van der Waals surface area contributed by atoms with Crippen molar-refractivity contribution in [3.8, 4) is 0 Å². The second-order valence-corrected chi connectivity index (χ2v) is 7.23. The molecule has 6 heteroatoms. The molecule has 1 heterocycles. The van der Waals surface area contributed by atoms with Crippen LogP contribution in [0.5, 0.6) is 0 Å². The van der Waals surface area contributed by atoms with Gasteiger partial charge in [0.15, 0.2) is 0 Å². The van der Waals surface area contributed by atoms with E-state index in [9.17, 15) is 14.4 Å². The molecule has 26 heavy (non-hydrogen) atoms. The van der Waals surface area contributed by atoms with E-state index in [2.05, 4.69) is 31.7 Å². The van der Waals surface area contributed by atoms with E-state index in [4.69, 9.17) is 9.47 Å². The van der Waals surface area contributed by atoms with E-state index in [1.807, 2.05) is 0 Å². The van der Waals surface area contributed by atoms with Crippen LogP contribution in [-0.4, -0.2) is 36.2 Å². The average Bonchev–Trinajstić information content (AvgIpc) is 3.18. The third kappa shape index (κ3) is 6.00. The number of ether oxygens (including phenoxy) is 3. The largest absolute Gasteiger partial charge is 0.463 e. The molecule has 0 aromatic heterocycles. The molecule has 0 bridgehead atoms. The van der Waals surface area contributed by atoms with Gasteiger partial charge in [-0.05, 0) is 45.4 Å². The van der Waals surface area contributed by atoms with Crippen LogP contribution in [0.4, 0.5) is 0 Å². The molecule has 0 amide bonds. The topological polar surface area (TPSA) is 78.9 Å². The number of hydrogen-bond acceptors (Lipinski definition) is 6. The van der Waals surface area contributed by atoms with Gasteiger partial charge in [-0.25, -0.2) is 14.4 Å². The van der Waals surface area contributed by atoms with Crippen molar-refractivity contribution >= 4 is 17.9 Å². The van der Waals surface area contributed by atoms with E-state index in [-0.39, 0.29) is 17.1 Å². The van der Waals surface area contributed by atoms with Crippen LogP contribution >= 0.6 is 0 Å². The number of carbonyl (C=O) groups excluding carboxylic acids is 3. The zero-order chi connectivity index (χ0) is 19.9. The van der Waals surface area contributed by atoms with Gasteiger partial charge in [-0.3, -0.25) is 0 Å². The molecular formula is C20H30O6. The van der Waals surface area contributed by atoms with E-state index in [1.54, 1.807) is 6.92 Å². The fraction of sp³-hybridized carbons (Fsp3) is 0.650. The van der Waals surface area contributed by atoms with Gasteiger partial charge in [0, 0.05) is 17.6 Å². The van der Waals surface area contributed by atoms with E-state index in [1.165, 1.54) is 19.8 Å². The summed E-state index contributed by atoms with van der Waals surface area (Å²) in [6, 6.07) is 0. The molecular weight excluding hydrogens is 336 g/mol. The van der Waals surface area contributed by atoms with Crippen molar-refractivity contribution in [3.63, 3.8) is 0 Å². The Hall–Kier alpha value is -2.11. The number of carbonyl (C=O) groups is 3. The second-order valence-electron chi connectivity index (χ2n) is 7.23. The molecule has 1 unspecified atom stereocenters. The molecule has 0 radical (unpaired) electrons. The van der Waals surface area contributed by atoms with Crippen molar-refractivity contribution in [3.05, 3.63) is 24.3 Å². The third-order valence-electron chi connectivity index (χ3n) is 4.63. The van der Waals surface area contributed by atoms with Crippen molar-refractivity contribution < 1.29 is 28.6 Å². The Kier molecular flexibility index (Phi) is 8.06. The number of cyclic esters (lactones) is 1. The van der Waals surface area contributed by atoms with Gasteiger partial charge in [0.2, 0.25) is 6.10 Å². The molecule has 0 N–H and O–H groups in total. The Morgan fingerprint density at radius 1 is 1.12 bits per heavy atom. The molecule has 146 valence electrons. The normalized spacial score (nSPS) is 20.7. The molecule has 2 fully saturated rings. The van der Waals surface area contributed by atoms with Crippen LogP contribution in [0.25, 0.3) is 0 Å². The SMILES string of the molecule is C=C(C)C(=O)OC1(C(C)C)CCCC1.C=C(C)C(=O)OC1CCOC1=O. The highest BCUT2D eigenvalue weighted by Crippen LogP contribution is 2.39. The predicted molar refractivity (Wildman–Crippen MR) is 97.2 cm³/mol. The first-order chi connectivity index (χ1) is 12.1. The first kappa shape index (κ1) is 21.9. The molecule has 1 aliphatic carbocycles. The number of esters is 3. The van der Waals surface area contributed by atoms with Crippen LogP contribution in [0.2, 0.25) is 0 Å². The van der Waals surface area contributed by atoms with Crippen molar-refractivity contribution in [2.24, 2.45) is 5.92 Å². The zero-order valence-electron chi connectivity index (χ0n) is 16.3. The van der Waals surface area contributed by atoms with Crippen LogP contribution in [0, 0.1) is 5.92 Å². The summed E-state index contributed by atoms with van der Waals surface area (Å²) >= 11 is 0. The summed E-state index contributed by atoms with van der Waals surface area (Å²) in [6.45, 7) is 14.8. The Bertz CT molecular complexity index is 569.